The Morgan fingerprint density at radius 1 is 1.19 bits per heavy atom. The first-order valence-corrected chi connectivity index (χ1v) is 9.95. The van der Waals surface area contributed by atoms with Gasteiger partial charge in [-0.05, 0) is 49.1 Å². The molecule has 0 radical (unpaired) electrons. The number of ether oxygens (including phenoxy) is 1. The Hall–Kier alpha value is -2.02. The largest absolute Gasteiger partial charge is 0.456 e. The highest BCUT2D eigenvalue weighted by Crippen LogP contribution is 2.49. The van der Waals surface area contributed by atoms with Gasteiger partial charge in [-0.15, -0.1) is 11.8 Å². The van der Waals surface area contributed by atoms with Crippen molar-refractivity contribution in [2.45, 2.75) is 37.0 Å². The molecule has 2 amide bonds. The SMILES string of the molecule is NC(=O)CSc1ccccc1NC(=O)COC(=O)C[C@H]1C[C@@H]2CC[C@@H]1C2. The quantitative estimate of drug-likeness (QED) is 0.537. The zero-order chi connectivity index (χ0) is 18.5. The molecular formula is C19H24N2O4S. The van der Waals surface area contributed by atoms with Gasteiger partial charge in [-0.25, -0.2) is 0 Å². The Kier molecular flexibility index (Phi) is 6.19. The Balaban J connectivity index is 1.44. The van der Waals surface area contributed by atoms with Crippen molar-refractivity contribution >= 4 is 35.2 Å². The van der Waals surface area contributed by atoms with Gasteiger partial charge < -0.3 is 15.8 Å². The molecule has 3 rings (SSSR count). The molecule has 7 heteroatoms. The number of carbonyl (C=O) groups excluding carboxylic acids is 3. The molecular weight excluding hydrogens is 352 g/mol. The van der Waals surface area contributed by atoms with E-state index >= 15 is 0 Å². The summed E-state index contributed by atoms with van der Waals surface area (Å²) in [4.78, 5) is 35.8. The molecule has 0 unspecified atom stereocenters. The van der Waals surface area contributed by atoms with Gasteiger partial charge in [0.15, 0.2) is 6.61 Å². The van der Waals surface area contributed by atoms with Crippen LogP contribution in [0, 0.1) is 17.8 Å². The molecule has 0 spiro atoms. The lowest BCUT2D eigenvalue weighted by Crippen LogP contribution is -2.23. The lowest BCUT2D eigenvalue weighted by molar-refractivity contribution is -0.148. The van der Waals surface area contributed by atoms with Gasteiger partial charge in [-0.3, -0.25) is 14.4 Å². The van der Waals surface area contributed by atoms with Crippen molar-refractivity contribution in [3.63, 3.8) is 0 Å². The van der Waals surface area contributed by atoms with Crippen molar-refractivity contribution in [2.75, 3.05) is 17.7 Å². The Labute approximate surface area is 157 Å². The first kappa shape index (κ1) is 18.8. The standard InChI is InChI=1S/C19H24N2O4S/c20-17(22)11-26-16-4-2-1-3-15(16)21-18(23)10-25-19(24)9-14-8-12-5-6-13(14)7-12/h1-4,12-14H,5-11H2,(H2,20,22)(H,21,23)/t12-,13-,14-/m1/s1. The average Bonchev–Trinajstić information content (AvgIpc) is 3.22. The van der Waals surface area contributed by atoms with Gasteiger partial charge in [0.05, 0.1) is 11.4 Å². The molecule has 0 saturated heterocycles. The molecule has 0 aromatic heterocycles. The molecule has 6 nitrogen and oxygen atoms in total. The van der Waals surface area contributed by atoms with Crippen LogP contribution < -0.4 is 11.1 Å². The zero-order valence-corrected chi connectivity index (χ0v) is 15.4. The molecule has 1 aromatic rings. The normalized spacial score (nSPS) is 23.6. The molecule has 3 atom stereocenters. The van der Waals surface area contributed by atoms with Gasteiger partial charge in [0, 0.05) is 11.3 Å². The maximum atomic E-state index is 12.1. The summed E-state index contributed by atoms with van der Waals surface area (Å²) in [7, 11) is 0. The van der Waals surface area contributed by atoms with Crippen LogP contribution in [-0.4, -0.2) is 30.1 Å². The van der Waals surface area contributed by atoms with E-state index in [-0.39, 0.29) is 18.3 Å². The number of amides is 2. The summed E-state index contributed by atoms with van der Waals surface area (Å²) < 4.78 is 5.15. The molecule has 0 aliphatic heterocycles. The minimum atomic E-state index is -0.425. The van der Waals surface area contributed by atoms with Crippen LogP contribution in [0.4, 0.5) is 5.69 Å². The van der Waals surface area contributed by atoms with Gasteiger partial charge in [0.1, 0.15) is 0 Å². The van der Waals surface area contributed by atoms with Crippen LogP contribution in [0.25, 0.3) is 0 Å². The highest BCUT2D eigenvalue weighted by molar-refractivity contribution is 8.00. The van der Waals surface area contributed by atoms with E-state index in [1.54, 1.807) is 18.2 Å². The van der Waals surface area contributed by atoms with Crippen molar-refractivity contribution in [1.82, 2.24) is 0 Å². The lowest BCUT2D eigenvalue weighted by Gasteiger charge is -2.20. The monoisotopic (exact) mass is 376 g/mol. The first-order valence-electron chi connectivity index (χ1n) is 8.97. The van der Waals surface area contributed by atoms with Crippen molar-refractivity contribution in [3.05, 3.63) is 24.3 Å². The van der Waals surface area contributed by atoms with E-state index in [2.05, 4.69) is 5.32 Å². The van der Waals surface area contributed by atoms with Crippen LogP contribution in [0.2, 0.25) is 0 Å². The van der Waals surface area contributed by atoms with E-state index in [1.165, 1.54) is 31.0 Å². The van der Waals surface area contributed by atoms with Crippen LogP contribution in [0.1, 0.15) is 32.1 Å². The van der Waals surface area contributed by atoms with Crippen LogP contribution >= 0.6 is 11.8 Å². The third-order valence-corrected chi connectivity index (χ3v) is 6.30. The number of thioether (sulfide) groups is 1. The maximum Gasteiger partial charge on any atom is 0.306 e. The number of hydrogen-bond acceptors (Lipinski definition) is 5. The van der Waals surface area contributed by atoms with Crippen LogP contribution in [0.5, 0.6) is 0 Å². The highest BCUT2D eigenvalue weighted by Gasteiger charge is 2.40. The van der Waals surface area contributed by atoms with Gasteiger partial charge in [-0.2, -0.15) is 0 Å². The van der Waals surface area contributed by atoms with Crippen LogP contribution in [0.3, 0.4) is 0 Å². The Morgan fingerprint density at radius 2 is 2.00 bits per heavy atom. The summed E-state index contributed by atoms with van der Waals surface area (Å²) >= 11 is 1.25. The fourth-order valence-electron chi connectivity index (χ4n) is 4.08. The van der Waals surface area contributed by atoms with Crippen molar-refractivity contribution in [2.24, 2.45) is 23.5 Å². The van der Waals surface area contributed by atoms with Crippen molar-refractivity contribution in [1.29, 1.82) is 0 Å². The molecule has 2 fully saturated rings. The van der Waals surface area contributed by atoms with E-state index in [0.29, 0.717) is 23.9 Å². The molecule has 2 aliphatic rings. The number of esters is 1. The third-order valence-electron chi connectivity index (χ3n) is 5.21. The third kappa shape index (κ3) is 5.00. The van der Waals surface area contributed by atoms with E-state index in [9.17, 15) is 14.4 Å². The fourth-order valence-corrected chi connectivity index (χ4v) is 4.82. The highest BCUT2D eigenvalue weighted by atomic mass is 32.2. The lowest BCUT2D eigenvalue weighted by atomic mass is 9.86. The molecule has 2 aliphatic carbocycles. The van der Waals surface area contributed by atoms with E-state index in [1.807, 2.05) is 6.07 Å². The molecule has 26 heavy (non-hydrogen) atoms. The Bertz CT molecular complexity index is 694. The number of anilines is 1. The average molecular weight is 376 g/mol. The number of hydrogen-bond donors (Lipinski definition) is 2. The summed E-state index contributed by atoms with van der Waals surface area (Å²) in [6.45, 7) is -0.297. The number of primary amides is 1. The number of benzene rings is 1. The zero-order valence-electron chi connectivity index (χ0n) is 14.6. The number of carbonyl (C=O) groups is 3. The number of rotatable bonds is 8. The van der Waals surface area contributed by atoms with E-state index < -0.39 is 11.8 Å². The minimum Gasteiger partial charge on any atom is -0.456 e. The smallest absolute Gasteiger partial charge is 0.306 e. The molecule has 2 bridgehead atoms. The minimum absolute atomic E-state index is 0.130. The van der Waals surface area contributed by atoms with Crippen molar-refractivity contribution < 1.29 is 19.1 Å². The topological polar surface area (TPSA) is 98.5 Å². The maximum absolute atomic E-state index is 12.1. The molecule has 140 valence electrons. The van der Waals surface area contributed by atoms with Crippen LogP contribution in [0.15, 0.2) is 29.2 Å². The second kappa shape index (κ2) is 8.58. The van der Waals surface area contributed by atoms with Crippen molar-refractivity contribution in [3.8, 4) is 0 Å². The first-order chi connectivity index (χ1) is 12.5. The van der Waals surface area contributed by atoms with E-state index in [4.69, 9.17) is 10.5 Å². The predicted octanol–water partition coefficient (Wildman–Crippen LogP) is 2.57. The van der Waals surface area contributed by atoms with Gasteiger partial charge in [0.2, 0.25) is 5.91 Å². The summed E-state index contributed by atoms with van der Waals surface area (Å²) in [6, 6.07) is 7.13. The van der Waals surface area contributed by atoms with Gasteiger partial charge in [-0.1, -0.05) is 18.6 Å². The summed E-state index contributed by atoms with van der Waals surface area (Å²) in [5.41, 5.74) is 5.73. The molecule has 1 aromatic carbocycles. The van der Waals surface area contributed by atoms with E-state index in [0.717, 1.165) is 17.2 Å². The summed E-state index contributed by atoms with van der Waals surface area (Å²) in [5, 5.41) is 2.72. The number of para-hydroxylation sites is 1. The number of nitrogens with two attached hydrogens (primary N) is 1. The summed E-state index contributed by atoms with van der Waals surface area (Å²) in [6.07, 6.45) is 5.31. The van der Waals surface area contributed by atoms with Gasteiger partial charge in [0.25, 0.3) is 5.91 Å². The fraction of sp³-hybridized carbons (Fsp3) is 0.526. The Morgan fingerprint density at radius 3 is 2.69 bits per heavy atom. The molecule has 2 saturated carbocycles. The van der Waals surface area contributed by atoms with Gasteiger partial charge >= 0.3 is 5.97 Å². The van der Waals surface area contributed by atoms with Crippen LogP contribution in [-0.2, 0) is 19.1 Å². The second-order valence-electron chi connectivity index (χ2n) is 7.10. The molecule has 3 N–H and O–H groups in total. The molecule has 0 heterocycles. The predicted molar refractivity (Wildman–Crippen MR) is 99.5 cm³/mol. The number of nitrogens with one attached hydrogen (secondary N) is 1. The second-order valence-corrected chi connectivity index (χ2v) is 8.12. The number of fused-ring (bicyclic) bond motifs is 2. The summed E-state index contributed by atoms with van der Waals surface area (Å²) in [5.74, 6) is 0.894.